The maximum atomic E-state index is 13.2. The summed E-state index contributed by atoms with van der Waals surface area (Å²) in [5, 5.41) is 5.04. The summed E-state index contributed by atoms with van der Waals surface area (Å²) in [6, 6.07) is 13.1. The number of benzene rings is 2. The number of nitrogens with zero attached hydrogens (tertiary/aromatic N) is 4. The van der Waals surface area contributed by atoms with Gasteiger partial charge in [0.05, 0.1) is 10.7 Å². The highest BCUT2D eigenvalue weighted by molar-refractivity contribution is 6.32. The Morgan fingerprint density at radius 1 is 1.19 bits per heavy atom. The molecule has 0 spiro atoms. The van der Waals surface area contributed by atoms with Gasteiger partial charge < -0.3 is 10.6 Å². The summed E-state index contributed by atoms with van der Waals surface area (Å²) in [6.45, 7) is 2.60. The van der Waals surface area contributed by atoms with Crippen LogP contribution in [0.3, 0.4) is 0 Å². The molecule has 3 aromatic rings. The average molecular weight is 382 g/mol. The van der Waals surface area contributed by atoms with Crippen molar-refractivity contribution in [3.8, 4) is 5.69 Å². The van der Waals surface area contributed by atoms with E-state index in [1.807, 2.05) is 43.3 Å². The zero-order valence-corrected chi connectivity index (χ0v) is 15.8. The van der Waals surface area contributed by atoms with Crippen molar-refractivity contribution in [1.29, 1.82) is 0 Å². The molecule has 2 N–H and O–H groups in total. The molecular formula is C20H20ClN5O. The normalized spacial score (nSPS) is 13.5. The third-order valence-corrected chi connectivity index (χ3v) is 5.11. The highest BCUT2D eigenvalue weighted by Gasteiger charge is 2.28. The number of para-hydroxylation sites is 1. The van der Waals surface area contributed by atoms with E-state index < -0.39 is 0 Å². The molecule has 27 heavy (non-hydrogen) atoms. The van der Waals surface area contributed by atoms with E-state index in [1.165, 1.54) is 0 Å². The Morgan fingerprint density at radius 3 is 2.74 bits per heavy atom. The number of hydrogen-bond acceptors (Lipinski definition) is 4. The van der Waals surface area contributed by atoms with Gasteiger partial charge in [0.25, 0.3) is 5.91 Å². The highest BCUT2D eigenvalue weighted by atomic mass is 35.5. The predicted molar refractivity (Wildman–Crippen MR) is 107 cm³/mol. The summed E-state index contributed by atoms with van der Waals surface area (Å²) < 4.78 is 1.65. The average Bonchev–Trinajstić information content (AvgIpc) is 3.12. The van der Waals surface area contributed by atoms with E-state index in [4.69, 9.17) is 17.3 Å². The van der Waals surface area contributed by atoms with Crippen molar-refractivity contribution in [3.63, 3.8) is 0 Å². The molecule has 0 fully saturated rings. The lowest BCUT2D eigenvalue weighted by Crippen LogP contribution is -2.36. The second-order valence-electron chi connectivity index (χ2n) is 6.47. The summed E-state index contributed by atoms with van der Waals surface area (Å²) in [5.74, 6) is 0.639. The van der Waals surface area contributed by atoms with Gasteiger partial charge in [0.1, 0.15) is 5.82 Å². The molecule has 0 bridgehead atoms. The van der Waals surface area contributed by atoms with Gasteiger partial charge in [-0.3, -0.25) is 4.79 Å². The highest BCUT2D eigenvalue weighted by Crippen LogP contribution is 2.32. The Morgan fingerprint density at radius 2 is 1.96 bits per heavy atom. The zero-order valence-electron chi connectivity index (χ0n) is 15.0. The molecule has 1 aliphatic heterocycles. The molecular weight excluding hydrogens is 362 g/mol. The summed E-state index contributed by atoms with van der Waals surface area (Å²) in [5.41, 5.74) is 9.39. The van der Waals surface area contributed by atoms with Crippen molar-refractivity contribution in [2.24, 2.45) is 0 Å². The van der Waals surface area contributed by atoms with Gasteiger partial charge in [-0.2, -0.15) is 0 Å². The number of hydrogen-bond donors (Lipinski definition) is 1. The van der Waals surface area contributed by atoms with Crippen LogP contribution in [0.5, 0.6) is 0 Å². The van der Waals surface area contributed by atoms with Gasteiger partial charge in [-0.05, 0) is 42.7 Å². The predicted octanol–water partition coefficient (Wildman–Crippen LogP) is 3.66. The Bertz CT molecular complexity index is 1010. The van der Waals surface area contributed by atoms with Crippen molar-refractivity contribution in [2.45, 2.75) is 26.2 Å². The number of aromatic nitrogens is 3. The van der Waals surface area contributed by atoms with Gasteiger partial charge in [0.2, 0.25) is 5.82 Å². The van der Waals surface area contributed by atoms with Crippen LogP contribution in [0, 0.1) is 0 Å². The van der Waals surface area contributed by atoms with E-state index >= 15 is 0 Å². The standard InChI is InChI=1S/C20H20ClN5O/c1-2-18-23-19(24-26(18)17-10-4-3-8-14(17)21)20(27)25-12-6-7-13-15(22)9-5-11-16(13)25/h3-5,8-11H,2,6-7,12,22H2,1H3. The first-order valence-corrected chi connectivity index (χ1v) is 9.38. The van der Waals surface area contributed by atoms with E-state index in [0.29, 0.717) is 35.2 Å². The van der Waals surface area contributed by atoms with Gasteiger partial charge in [-0.1, -0.05) is 36.7 Å². The summed E-state index contributed by atoms with van der Waals surface area (Å²) >= 11 is 6.31. The molecule has 0 unspecified atom stereocenters. The summed E-state index contributed by atoms with van der Waals surface area (Å²) in [4.78, 5) is 19.4. The maximum Gasteiger partial charge on any atom is 0.297 e. The molecule has 6 nitrogen and oxygen atoms in total. The number of halogens is 1. The number of carbonyl (C=O) groups is 1. The first-order chi connectivity index (χ1) is 13.1. The lowest BCUT2D eigenvalue weighted by Gasteiger charge is -2.29. The molecule has 1 aromatic heterocycles. The van der Waals surface area contributed by atoms with Crippen molar-refractivity contribution in [3.05, 3.63) is 64.7 Å². The molecule has 0 saturated carbocycles. The van der Waals surface area contributed by atoms with Crippen LogP contribution in [0.25, 0.3) is 5.69 Å². The van der Waals surface area contributed by atoms with Crippen LogP contribution in [-0.4, -0.2) is 27.2 Å². The molecule has 0 radical (unpaired) electrons. The second-order valence-corrected chi connectivity index (χ2v) is 6.88. The monoisotopic (exact) mass is 381 g/mol. The third-order valence-electron chi connectivity index (χ3n) is 4.79. The number of fused-ring (bicyclic) bond motifs is 1. The smallest absolute Gasteiger partial charge is 0.297 e. The molecule has 4 rings (SSSR count). The minimum absolute atomic E-state index is 0.169. The minimum Gasteiger partial charge on any atom is -0.398 e. The largest absolute Gasteiger partial charge is 0.398 e. The molecule has 138 valence electrons. The third kappa shape index (κ3) is 3.06. The second kappa shape index (κ2) is 7.04. The molecule has 0 atom stereocenters. The first-order valence-electron chi connectivity index (χ1n) is 9.00. The quantitative estimate of drug-likeness (QED) is 0.702. The molecule has 2 heterocycles. The Balaban J connectivity index is 1.75. The van der Waals surface area contributed by atoms with E-state index in [0.717, 1.165) is 24.1 Å². The number of carbonyl (C=O) groups excluding carboxylic acids is 1. The maximum absolute atomic E-state index is 13.2. The zero-order chi connectivity index (χ0) is 19.0. The van der Waals surface area contributed by atoms with Crippen LogP contribution in [0.15, 0.2) is 42.5 Å². The summed E-state index contributed by atoms with van der Waals surface area (Å²) in [7, 11) is 0. The molecule has 1 aliphatic rings. The number of amides is 1. The van der Waals surface area contributed by atoms with E-state index in [9.17, 15) is 4.79 Å². The van der Waals surface area contributed by atoms with Crippen LogP contribution < -0.4 is 10.6 Å². The Kier molecular flexibility index (Phi) is 4.58. The van der Waals surface area contributed by atoms with Crippen LogP contribution in [-0.2, 0) is 12.8 Å². The molecule has 0 aliphatic carbocycles. The summed E-state index contributed by atoms with van der Waals surface area (Å²) in [6.07, 6.45) is 2.36. The first kappa shape index (κ1) is 17.5. The van der Waals surface area contributed by atoms with Crippen LogP contribution in [0.2, 0.25) is 5.02 Å². The van der Waals surface area contributed by atoms with Gasteiger partial charge in [0, 0.05) is 24.3 Å². The van der Waals surface area contributed by atoms with Crippen molar-refractivity contribution in [1.82, 2.24) is 14.8 Å². The Labute approximate surface area is 162 Å². The fraction of sp³-hybridized carbons (Fsp3) is 0.250. The van der Waals surface area contributed by atoms with Crippen molar-refractivity contribution < 1.29 is 4.79 Å². The Hall–Kier alpha value is -2.86. The van der Waals surface area contributed by atoms with Crippen LogP contribution in [0.4, 0.5) is 11.4 Å². The molecule has 7 heteroatoms. The molecule has 2 aromatic carbocycles. The number of nitrogen functional groups attached to an aromatic ring is 1. The fourth-order valence-corrected chi connectivity index (χ4v) is 3.68. The lowest BCUT2D eigenvalue weighted by atomic mass is 10.00. The lowest BCUT2D eigenvalue weighted by molar-refractivity contribution is 0.0975. The molecule has 0 saturated heterocycles. The number of aryl methyl sites for hydroxylation is 1. The van der Waals surface area contributed by atoms with Gasteiger partial charge in [-0.25, -0.2) is 9.67 Å². The van der Waals surface area contributed by atoms with E-state index in [-0.39, 0.29) is 11.7 Å². The number of rotatable bonds is 3. The number of anilines is 2. The van der Waals surface area contributed by atoms with Crippen LogP contribution in [0.1, 0.15) is 35.4 Å². The van der Waals surface area contributed by atoms with Crippen LogP contribution >= 0.6 is 11.6 Å². The van der Waals surface area contributed by atoms with E-state index in [1.54, 1.807) is 15.6 Å². The van der Waals surface area contributed by atoms with Gasteiger partial charge >= 0.3 is 0 Å². The number of nitrogens with two attached hydrogens (primary N) is 1. The van der Waals surface area contributed by atoms with Crippen molar-refractivity contribution >= 4 is 28.9 Å². The van der Waals surface area contributed by atoms with Crippen molar-refractivity contribution in [2.75, 3.05) is 17.2 Å². The van der Waals surface area contributed by atoms with Gasteiger partial charge in [-0.15, -0.1) is 5.10 Å². The van der Waals surface area contributed by atoms with E-state index in [2.05, 4.69) is 10.1 Å². The van der Waals surface area contributed by atoms with Gasteiger partial charge in [0.15, 0.2) is 0 Å². The minimum atomic E-state index is -0.220. The SMILES string of the molecule is CCc1nc(C(=O)N2CCCc3c(N)cccc32)nn1-c1ccccc1Cl. The topological polar surface area (TPSA) is 77.0 Å². The molecule has 1 amide bonds. The fourth-order valence-electron chi connectivity index (χ4n) is 3.46.